The molecule has 6 nitrogen and oxygen atoms in total. The number of nitrogens with one attached hydrogen (secondary N) is 1. The van der Waals surface area contributed by atoms with E-state index in [0.717, 1.165) is 22.1 Å². The molecule has 130 valence electrons. The minimum absolute atomic E-state index is 0.0792. The molecule has 0 aliphatic carbocycles. The lowest BCUT2D eigenvalue weighted by Crippen LogP contribution is -2.07. The molecule has 1 N–H and O–H groups in total. The third-order valence-corrected chi connectivity index (χ3v) is 4.44. The molecule has 3 rings (SSSR count). The van der Waals surface area contributed by atoms with Gasteiger partial charge in [0.15, 0.2) is 11.5 Å². The number of nitrogens with zero attached hydrogens (tertiary/aromatic N) is 3. The van der Waals surface area contributed by atoms with Crippen LogP contribution in [-0.2, 0) is 6.61 Å². The van der Waals surface area contributed by atoms with Crippen LogP contribution in [0.4, 0.5) is 5.13 Å². The lowest BCUT2D eigenvalue weighted by Gasteiger charge is -2.16. The number of hydrogen-bond acceptors (Lipinski definition) is 7. The van der Waals surface area contributed by atoms with E-state index in [9.17, 15) is 0 Å². The van der Waals surface area contributed by atoms with Crippen molar-refractivity contribution in [2.75, 3.05) is 12.4 Å². The van der Waals surface area contributed by atoms with Crippen LogP contribution in [0.25, 0.3) is 0 Å². The first-order valence-electron chi connectivity index (χ1n) is 7.92. The number of aryl methyl sites for hydroxylation is 1. The summed E-state index contributed by atoms with van der Waals surface area (Å²) in [5.74, 6) is 2.19. The summed E-state index contributed by atoms with van der Waals surface area (Å²) in [5, 5.41) is 4.16. The highest BCUT2D eigenvalue weighted by Crippen LogP contribution is 2.32. The molecule has 0 fully saturated rings. The van der Waals surface area contributed by atoms with E-state index in [-0.39, 0.29) is 6.04 Å². The van der Waals surface area contributed by atoms with Crippen LogP contribution in [0.2, 0.25) is 0 Å². The molecule has 0 saturated heterocycles. The zero-order chi connectivity index (χ0) is 17.6. The molecule has 3 aromatic rings. The number of anilines is 1. The molecule has 25 heavy (non-hydrogen) atoms. The lowest BCUT2D eigenvalue weighted by atomic mass is 10.1. The molecule has 0 aliphatic rings. The quantitative estimate of drug-likeness (QED) is 0.690. The molecule has 0 saturated carbocycles. The smallest absolute Gasteiger partial charge is 0.203 e. The van der Waals surface area contributed by atoms with Crippen LogP contribution in [0.1, 0.15) is 29.9 Å². The minimum Gasteiger partial charge on any atom is -0.493 e. The molecule has 0 radical (unpaired) electrons. The first kappa shape index (κ1) is 17.2. The van der Waals surface area contributed by atoms with E-state index >= 15 is 0 Å². The van der Waals surface area contributed by atoms with Crippen molar-refractivity contribution >= 4 is 16.7 Å². The van der Waals surface area contributed by atoms with Gasteiger partial charge in [-0.3, -0.25) is 4.98 Å². The van der Waals surface area contributed by atoms with Crippen LogP contribution in [-0.4, -0.2) is 21.5 Å². The van der Waals surface area contributed by atoms with Crippen molar-refractivity contribution in [3.8, 4) is 11.5 Å². The van der Waals surface area contributed by atoms with Gasteiger partial charge in [-0.25, -0.2) is 4.98 Å². The van der Waals surface area contributed by atoms with Crippen molar-refractivity contribution in [3.63, 3.8) is 0 Å². The molecule has 1 aromatic carbocycles. The van der Waals surface area contributed by atoms with Crippen LogP contribution in [0, 0.1) is 6.92 Å². The Labute approximate surface area is 151 Å². The van der Waals surface area contributed by atoms with Crippen LogP contribution >= 0.6 is 11.5 Å². The normalized spacial score (nSPS) is 11.8. The maximum Gasteiger partial charge on any atom is 0.203 e. The molecular weight excluding hydrogens is 336 g/mol. The van der Waals surface area contributed by atoms with Crippen molar-refractivity contribution in [1.82, 2.24) is 14.3 Å². The minimum atomic E-state index is 0.0792. The molecule has 2 aromatic heterocycles. The van der Waals surface area contributed by atoms with Gasteiger partial charge in [0.25, 0.3) is 0 Å². The molecule has 0 bridgehead atoms. The fraction of sp³-hybridized carbons (Fsp3) is 0.278. The van der Waals surface area contributed by atoms with Gasteiger partial charge in [-0.05, 0) is 49.2 Å². The predicted molar refractivity (Wildman–Crippen MR) is 98.2 cm³/mol. The average molecular weight is 356 g/mol. The van der Waals surface area contributed by atoms with Gasteiger partial charge in [-0.2, -0.15) is 4.37 Å². The van der Waals surface area contributed by atoms with Crippen molar-refractivity contribution in [2.24, 2.45) is 0 Å². The molecule has 1 atom stereocenters. The largest absolute Gasteiger partial charge is 0.493 e. The number of hydrogen-bond donors (Lipinski definition) is 1. The first-order valence-corrected chi connectivity index (χ1v) is 8.69. The van der Waals surface area contributed by atoms with E-state index in [0.29, 0.717) is 18.1 Å². The van der Waals surface area contributed by atoms with E-state index < -0.39 is 0 Å². The van der Waals surface area contributed by atoms with Gasteiger partial charge in [0, 0.05) is 23.9 Å². The van der Waals surface area contributed by atoms with Gasteiger partial charge < -0.3 is 14.8 Å². The Hall–Kier alpha value is -2.67. The van der Waals surface area contributed by atoms with Crippen LogP contribution < -0.4 is 14.8 Å². The number of pyridine rings is 1. The molecular formula is C18H20N4O2S. The number of aromatic nitrogens is 3. The first-order chi connectivity index (χ1) is 12.2. The highest BCUT2D eigenvalue weighted by molar-refractivity contribution is 7.09. The van der Waals surface area contributed by atoms with Crippen molar-refractivity contribution in [3.05, 3.63) is 59.7 Å². The van der Waals surface area contributed by atoms with Gasteiger partial charge in [0.1, 0.15) is 12.4 Å². The summed E-state index contributed by atoms with van der Waals surface area (Å²) in [6.07, 6.45) is 3.50. The van der Waals surface area contributed by atoms with Crippen LogP contribution in [0.15, 0.2) is 42.7 Å². The number of ether oxygens (including phenoxy) is 2. The maximum absolute atomic E-state index is 5.88. The summed E-state index contributed by atoms with van der Waals surface area (Å²) >= 11 is 1.36. The van der Waals surface area contributed by atoms with Crippen LogP contribution in [0.5, 0.6) is 11.5 Å². The van der Waals surface area contributed by atoms with Gasteiger partial charge in [0.2, 0.25) is 5.13 Å². The highest BCUT2D eigenvalue weighted by Gasteiger charge is 2.12. The summed E-state index contributed by atoms with van der Waals surface area (Å²) in [7, 11) is 1.64. The van der Waals surface area contributed by atoms with Crippen molar-refractivity contribution in [1.29, 1.82) is 0 Å². The zero-order valence-corrected chi connectivity index (χ0v) is 15.2. The van der Waals surface area contributed by atoms with E-state index in [1.807, 2.05) is 37.3 Å². The fourth-order valence-electron chi connectivity index (χ4n) is 2.34. The van der Waals surface area contributed by atoms with E-state index in [1.165, 1.54) is 11.5 Å². The Balaban J connectivity index is 1.70. The van der Waals surface area contributed by atoms with Crippen molar-refractivity contribution < 1.29 is 9.47 Å². The molecule has 7 heteroatoms. The molecule has 2 heterocycles. The average Bonchev–Trinajstić information content (AvgIpc) is 3.05. The summed E-state index contributed by atoms with van der Waals surface area (Å²) in [5.41, 5.74) is 2.14. The summed E-state index contributed by atoms with van der Waals surface area (Å²) in [6.45, 7) is 4.42. The Bertz CT molecular complexity index is 823. The predicted octanol–water partition coefficient (Wildman–Crippen LogP) is 4.00. The van der Waals surface area contributed by atoms with Gasteiger partial charge in [0.05, 0.1) is 13.2 Å². The monoisotopic (exact) mass is 356 g/mol. The number of methoxy groups -OCH3 is 1. The zero-order valence-electron chi connectivity index (χ0n) is 14.4. The third kappa shape index (κ3) is 4.45. The number of rotatable bonds is 7. The molecule has 0 aliphatic heterocycles. The van der Waals surface area contributed by atoms with Gasteiger partial charge >= 0.3 is 0 Å². The molecule has 1 unspecified atom stereocenters. The Morgan fingerprint density at radius 3 is 2.64 bits per heavy atom. The Morgan fingerprint density at radius 2 is 1.96 bits per heavy atom. The van der Waals surface area contributed by atoms with E-state index in [2.05, 4.69) is 26.6 Å². The summed E-state index contributed by atoms with van der Waals surface area (Å²) < 4.78 is 15.5. The van der Waals surface area contributed by atoms with Crippen molar-refractivity contribution in [2.45, 2.75) is 26.5 Å². The second-order valence-electron chi connectivity index (χ2n) is 5.57. The second-order valence-corrected chi connectivity index (χ2v) is 6.32. The number of benzene rings is 1. The molecule has 0 amide bonds. The Morgan fingerprint density at radius 1 is 1.16 bits per heavy atom. The summed E-state index contributed by atoms with van der Waals surface area (Å²) in [4.78, 5) is 8.34. The van der Waals surface area contributed by atoms with Gasteiger partial charge in [-0.1, -0.05) is 6.07 Å². The SMILES string of the molecule is COc1cc(C(C)Nc2nc(C)ns2)ccc1OCc1ccncc1. The second kappa shape index (κ2) is 7.94. The lowest BCUT2D eigenvalue weighted by molar-refractivity contribution is 0.284. The summed E-state index contributed by atoms with van der Waals surface area (Å²) in [6, 6.07) is 9.87. The Kier molecular flexibility index (Phi) is 5.45. The van der Waals surface area contributed by atoms with Gasteiger partial charge in [-0.15, -0.1) is 0 Å². The third-order valence-electron chi connectivity index (χ3n) is 3.70. The molecule has 0 spiro atoms. The topological polar surface area (TPSA) is 69.2 Å². The standard InChI is InChI=1S/C18H20N4O2S/c1-12(20-18-21-13(2)22-25-18)15-4-5-16(17(10-15)23-3)24-11-14-6-8-19-9-7-14/h4-10,12H,11H2,1-3H3,(H,20,21,22). The fourth-order valence-corrected chi connectivity index (χ4v) is 3.00. The van der Waals surface area contributed by atoms with E-state index in [1.54, 1.807) is 19.5 Å². The highest BCUT2D eigenvalue weighted by atomic mass is 32.1. The maximum atomic E-state index is 5.88. The van der Waals surface area contributed by atoms with E-state index in [4.69, 9.17) is 9.47 Å². The van der Waals surface area contributed by atoms with Crippen LogP contribution in [0.3, 0.4) is 0 Å².